The third-order valence-corrected chi connectivity index (χ3v) is 3.59. The predicted octanol–water partition coefficient (Wildman–Crippen LogP) is 2.34. The zero-order valence-electron chi connectivity index (χ0n) is 11.9. The van der Waals surface area contributed by atoms with Gasteiger partial charge in [0.25, 0.3) is 0 Å². The van der Waals surface area contributed by atoms with E-state index in [9.17, 15) is 4.39 Å². The van der Waals surface area contributed by atoms with E-state index in [1.54, 1.807) is 6.07 Å². The van der Waals surface area contributed by atoms with Crippen LogP contribution in [-0.4, -0.2) is 16.3 Å². The molecule has 0 fully saturated rings. The molecule has 21 heavy (non-hydrogen) atoms. The highest BCUT2D eigenvalue weighted by Gasteiger charge is 2.18. The number of hydrogen-bond donors (Lipinski definition) is 1. The highest BCUT2D eigenvalue weighted by Crippen LogP contribution is 2.18. The van der Waals surface area contributed by atoms with Gasteiger partial charge in [0.2, 0.25) is 0 Å². The molecule has 6 heteroatoms. The molecule has 114 valence electrons. The number of aryl methyl sites for hydroxylation is 1. The molecule has 0 aliphatic carbocycles. The second kappa shape index (κ2) is 7.02. The minimum atomic E-state index is -0.231. The van der Waals surface area contributed by atoms with E-state index < -0.39 is 0 Å². The maximum atomic E-state index is 13.1. The van der Waals surface area contributed by atoms with Crippen LogP contribution < -0.4 is 5.32 Å². The Bertz CT molecular complexity index is 615. The number of nitrogens with zero attached hydrogens (tertiary/aromatic N) is 2. The van der Waals surface area contributed by atoms with Crippen LogP contribution in [0.15, 0.2) is 24.3 Å². The normalized spacial score (nSPS) is 13.6. The summed E-state index contributed by atoms with van der Waals surface area (Å²) in [6.07, 6.45) is 1.00. The van der Waals surface area contributed by atoms with Crippen molar-refractivity contribution in [3.8, 4) is 0 Å². The summed E-state index contributed by atoms with van der Waals surface area (Å²) >= 11 is 0. The number of hydrogen-bond acceptors (Lipinski definition) is 3. The van der Waals surface area contributed by atoms with E-state index in [-0.39, 0.29) is 18.2 Å². The summed E-state index contributed by atoms with van der Waals surface area (Å²) in [6.45, 7) is 2.70. The first kappa shape index (κ1) is 15.9. The van der Waals surface area contributed by atoms with Crippen molar-refractivity contribution in [3.05, 3.63) is 52.6 Å². The van der Waals surface area contributed by atoms with Gasteiger partial charge < -0.3 is 10.1 Å². The van der Waals surface area contributed by atoms with Gasteiger partial charge in [-0.2, -0.15) is 5.10 Å². The summed E-state index contributed by atoms with van der Waals surface area (Å²) in [5.74, 6) is -0.231. The van der Waals surface area contributed by atoms with Crippen LogP contribution in [0.4, 0.5) is 4.39 Å². The quantitative estimate of drug-likeness (QED) is 0.942. The van der Waals surface area contributed by atoms with E-state index in [1.807, 2.05) is 17.8 Å². The van der Waals surface area contributed by atoms with Crippen molar-refractivity contribution >= 4 is 12.4 Å². The Morgan fingerprint density at radius 2 is 2.24 bits per heavy atom. The third kappa shape index (κ3) is 3.61. The van der Waals surface area contributed by atoms with E-state index in [1.165, 1.54) is 23.4 Å². The van der Waals surface area contributed by atoms with E-state index in [4.69, 9.17) is 4.74 Å². The maximum absolute atomic E-state index is 13.1. The van der Waals surface area contributed by atoms with Gasteiger partial charge in [-0.15, -0.1) is 12.4 Å². The molecule has 0 spiro atoms. The van der Waals surface area contributed by atoms with Gasteiger partial charge in [0.05, 0.1) is 18.9 Å². The lowest BCUT2D eigenvalue weighted by molar-refractivity contribution is 0.103. The van der Waals surface area contributed by atoms with Crippen molar-refractivity contribution in [2.24, 2.45) is 7.05 Å². The number of ether oxygens (including phenoxy) is 1. The molecule has 0 bridgehead atoms. The standard InChI is InChI=1S/C15H18FN3O.ClH/c1-19-15-5-6-17-8-13(15)14(18-19)10-20-9-11-3-2-4-12(16)7-11;/h2-4,7,17H,5-6,8-10H2,1H3;1H. The zero-order valence-corrected chi connectivity index (χ0v) is 12.8. The molecule has 1 aliphatic rings. The van der Waals surface area contributed by atoms with Crippen molar-refractivity contribution < 1.29 is 9.13 Å². The Morgan fingerprint density at radius 1 is 1.38 bits per heavy atom. The molecule has 0 saturated carbocycles. The SMILES string of the molecule is Cl.Cn1nc(COCc2cccc(F)c2)c2c1CCNC2. The predicted molar refractivity (Wildman–Crippen MR) is 80.8 cm³/mol. The Balaban J connectivity index is 0.00000161. The summed E-state index contributed by atoms with van der Waals surface area (Å²) < 4.78 is 20.7. The molecule has 0 radical (unpaired) electrons. The van der Waals surface area contributed by atoms with Crippen LogP contribution in [0.1, 0.15) is 22.5 Å². The van der Waals surface area contributed by atoms with E-state index in [2.05, 4.69) is 10.4 Å². The first-order valence-electron chi connectivity index (χ1n) is 6.80. The van der Waals surface area contributed by atoms with Crippen LogP contribution >= 0.6 is 12.4 Å². The van der Waals surface area contributed by atoms with Gasteiger partial charge >= 0.3 is 0 Å². The molecular weight excluding hydrogens is 293 g/mol. The molecule has 1 aromatic heterocycles. The van der Waals surface area contributed by atoms with Crippen molar-refractivity contribution in [1.29, 1.82) is 0 Å². The molecule has 0 unspecified atom stereocenters. The summed E-state index contributed by atoms with van der Waals surface area (Å²) in [6, 6.07) is 6.48. The monoisotopic (exact) mass is 311 g/mol. The Labute approximate surface area is 129 Å². The van der Waals surface area contributed by atoms with Crippen LogP contribution in [0.2, 0.25) is 0 Å². The molecule has 4 nitrogen and oxygen atoms in total. The molecule has 0 atom stereocenters. The first-order valence-corrected chi connectivity index (χ1v) is 6.80. The Hall–Kier alpha value is -1.43. The minimum absolute atomic E-state index is 0. The van der Waals surface area contributed by atoms with Crippen molar-refractivity contribution in [1.82, 2.24) is 15.1 Å². The van der Waals surface area contributed by atoms with Crippen molar-refractivity contribution in [2.75, 3.05) is 6.54 Å². The number of rotatable bonds is 4. The molecule has 2 aromatic rings. The smallest absolute Gasteiger partial charge is 0.123 e. The number of fused-ring (bicyclic) bond motifs is 1. The average Bonchev–Trinajstić information content (AvgIpc) is 2.77. The lowest BCUT2D eigenvalue weighted by Gasteiger charge is -2.14. The van der Waals surface area contributed by atoms with Crippen LogP contribution in [0.3, 0.4) is 0 Å². The highest BCUT2D eigenvalue weighted by molar-refractivity contribution is 5.85. The van der Waals surface area contributed by atoms with Gasteiger partial charge in [-0.3, -0.25) is 4.68 Å². The molecule has 1 aromatic carbocycles. The summed E-state index contributed by atoms with van der Waals surface area (Å²) in [5.41, 5.74) is 4.35. The fourth-order valence-corrected chi connectivity index (χ4v) is 2.61. The molecule has 1 aliphatic heterocycles. The lowest BCUT2D eigenvalue weighted by atomic mass is 10.1. The summed E-state index contributed by atoms with van der Waals surface area (Å²) in [7, 11) is 1.97. The minimum Gasteiger partial charge on any atom is -0.370 e. The fraction of sp³-hybridized carbons (Fsp3) is 0.400. The number of halogens is 2. The fourth-order valence-electron chi connectivity index (χ4n) is 2.61. The van der Waals surface area contributed by atoms with Gasteiger partial charge in [0, 0.05) is 37.8 Å². The van der Waals surface area contributed by atoms with Gasteiger partial charge in [0.15, 0.2) is 0 Å². The topological polar surface area (TPSA) is 39.1 Å². The van der Waals surface area contributed by atoms with Gasteiger partial charge in [-0.05, 0) is 17.7 Å². The van der Waals surface area contributed by atoms with Crippen LogP contribution in [0.5, 0.6) is 0 Å². The molecule has 0 saturated heterocycles. The van der Waals surface area contributed by atoms with E-state index in [0.717, 1.165) is 30.8 Å². The highest BCUT2D eigenvalue weighted by atomic mass is 35.5. The van der Waals surface area contributed by atoms with Crippen molar-refractivity contribution in [2.45, 2.75) is 26.2 Å². The van der Waals surface area contributed by atoms with Gasteiger partial charge in [-0.25, -0.2) is 4.39 Å². The Kier molecular flexibility index (Phi) is 5.33. The molecule has 3 rings (SSSR count). The number of aromatic nitrogens is 2. The lowest BCUT2D eigenvalue weighted by Crippen LogP contribution is -2.24. The molecule has 2 heterocycles. The summed E-state index contributed by atoms with van der Waals surface area (Å²) in [5, 5.41) is 7.87. The third-order valence-electron chi connectivity index (χ3n) is 3.59. The summed E-state index contributed by atoms with van der Waals surface area (Å²) in [4.78, 5) is 0. The molecule has 0 amide bonds. The first-order chi connectivity index (χ1) is 9.74. The van der Waals surface area contributed by atoms with Gasteiger partial charge in [0.1, 0.15) is 5.82 Å². The largest absolute Gasteiger partial charge is 0.370 e. The second-order valence-electron chi connectivity index (χ2n) is 5.05. The van der Waals surface area contributed by atoms with E-state index in [0.29, 0.717) is 13.2 Å². The van der Waals surface area contributed by atoms with Crippen LogP contribution in [0, 0.1) is 5.82 Å². The molecule has 1 N–H and O–H groups in total. The molecular formula is C15H19ClFN3O. The van der Waals surface area contributed by atoms with E-state index >= 15 is 0 Å². The average molecular weight is 312 g/mol. The second-order valence-corrected chi connectivity index (χ2v) is 5.05. The Morgan fingerprint density at radius 3 is 3.05 bits per heavy atom. The number of nitrogens with one attached hydrogen (secondary N) is 1. The van der Waals surface area contributed by atoms with Crippen LogP contribution in [-0.2, 0) is 38.0 Å². The number of benzene rings is 1. The maximum Gasteiger partial charge on any atom is 0.123 e. The van der Waals surface area contributed by atoms with Crippen molar-refractivity contribution in [3.63, 3.8) is 0 Å². The zero-order chi connectivity index (χ0) is 13.9. The van der Waals surface area contributed by atoms with Crippen LogP contribution in [0.25, 0.3) is 0 Å². The van der Waals surface area contributed by atoms with Gasteiger partial charge in [-0.1, -0.05) is 12.1 Å².